The van der Waals surface area contributed by atoms with Gasteiger partial charge in [-0.2, -0.15) is 57.1 Å². The molecule has 0 radical (unpaired) electrons. The number of halogens is 13. The summed E-state index contributed by atoms with van der Waals surface area (Å²) in [6, 6.07) is 25.3. The molecule has 8 aromatic carbocycles. The molecule has 0 saturated heterocycles. The number of methoxy groups -OCH3 is 2. The Morgan fingerprint density at radius 3 is 0.779 bits per heavy atom. The van der Waals surface area contributed by atoms with Gasteiger partial charge in [0, 0.05) is 96.5 Å². The number of furan rings is 4. The van der Waals surface area contributed by atoms with Gasteiger partial charge in [0.05, 0.1) is 59.2 Å². The number of rotatable bonds is 22. The number of aliphatic hydroxyl groups excluding tert-OH is 3. The first-order chi connectivity index (χ1) is 65.9. The number of hydrogen-bond acceptors (Lipinski definition) is 18. The number of benzene rings is 8. The first-order valence-corrected chi connectivity index (χ1v) is 46.4. The van der Waals surface area contributed by atoms with E-state index in [1.165, 1.54) is 83.5 Å². The molecule has 4 aromatic heterocycles. The van der Waals surface area contributed by atoms with Crippen molar-refractivity contribution in [2.75, 3.05) is 33.8 Å². The number of nitrogens with zero attached hydrogens (tertiary/aromatic N) is 4. The molecule has 140 heavy (non-hydrogen) atoms. The van der Waals surface area contributed by atoms with E-state index in [-0.39, 0.29) is 160 Å². The van der Waals surface area contributed by atoms with Gasteiger partial charge < -0.3 is 72.3 Å². The minimum atomic E-state index is -5.97. The van der Waals surface area contributed by atoms with Gasteiger partial charge >= 0.3 is 54.3 Å². The Morgan fingerprint density at radius 1 is 0.321 bits per heavy atom. The molecule has 16 rings (SSSR count). The normalized spacial score (nSPS) is 16.0. The molecule has 37 heteroatoms. The fourth-order valence-electron chi connectivity index (χ4n) is 19.3. The Morgan fingerprint density at radius 2 is 0.550 bits per heavy atom. The quantitative estimate of drug-likeness (QED) is 0.0239. The first-order valence-electron chi connectivity index (χ1n) is 46.4. The number of esters is 2. The zero-order chi connectivity index (χ0) is 102. The summed E-state index contributed by atoms with van der Waals surface area (Å²) < 4.78 is 205. The monoisotopic (exact) mass is 1970 g/mol. The fraction of sp³-hybridized carbons (Fsp3) is 0.447. The average molecular weight is 1970 g/mol. The standard InChI is InChI=1S/C27H28F5NO5.C26H26F5NO5.C25H26F3NO5.C25H27NO5/c1-14(2)33(24(35)15-7-5-4-6-8-15)20-12-18-17-11-16(23(34)26(28,29)27(30,31)32)9-10-21(17)38-22(18)13-19(20)25(36)37-3;1-13(2)32(23(34)14-6-4-3-5-7-14)19-11-17-16-10-15(22(33)25(27,28)26(29,30)31)8-9-20(16)37-21(17)12-18(19)24(35)36;1-13(2)29(23(31)14-6-4-3-5-7-14)19-11-17-16-10-15(22(30)25(26,27)28)8-9-20(16)34-21(17)12-18(19)24(32)33;1-15(2)26(24(28)17-7-5-4-6-8-17)21-12-19-18-11-16(14-27)9-10-22(18)31-23(19)13-20(21)25(29)30-3/h9-15,23,34H,4-8H2,1-3H3;8-14,22,33H,3-7H2,1-2H3,(H,35,36);8-14,22,30H,3-7H2,1-2H3,(H,32,33);9-15,17H,4-8H2,1-3H3. The molecule has 0 spiro atoms. The number of alkyl halides is 13. The summed E-state index contributed by atoms with van der Waals surface area (Å²) >= 11 is 0. The summed E-state index contributed by atoms with van der Waals surface area (Å²) in [5, 5.41) is 52.2. The molecule has 0 aliphatic heterocycles. The van der Waals surface area contributed by atoms with Crippen molar-refractivity contribution < 1.29 is 153 Å². The van der Waals surface area contributed by atoms with Gasteiger partial charge in [0.1, 0.15) is 51.0 Å². The minimum Gasteiger partial charge on any atom is -0.478 e. The van der Waals surface area contributed by atoms with E-state index in [2.05, 4.69) is 0 Å². The maximum absolute atomic E-state index is 13.9. The first kappa shape index (κ1) is 105. The third kappa shape index (κ3) is 21.3. The highest BCUT2D eigenvalue weighted by atomic mass is 19.4. The van der Waals surface area contributed by atoms with Crippen molar-refractivity contribution in [1.29, 1.82) is 0 Å². The lowest BCUT2D eigenvalue weighted by Crippen LogP contribution is -2.42. The highest BCUT2D eigenvalue weighted by Crippen LogP contribution is 2.51. The number of anilines is 4. The van der Waals surface area contributed by atoms with Crippen molar-refractivity contribution in [2.24, 2.45) is 23.7 Å². The molecule has 4 heterocycles. The second-order valence-corrected chi connectivity index (χ2v) is 37.1. The van der Waals surface area contributed by atoms with Crippen molar-refractivity contribution in [3.8, 4) is 0 Å². The number of hydrogen-bond donors (Lipinski definition) is 5. The molecule has 5 N–H and O–H groups in total. The van der Waals surface area contributed by atoms with E-state index in [9.17, 15) is 126 Å². The van der Waals surface area contributed by atoms with Gasteiger partial charge in [0.2, 0.25) is 23.6 Å². The number of fused-ring (bicyclic) bond motifs is 12. The van der Waals surface area contributed by atoms with Crippen LogP contribution in [0.2, 0.25) is 0 Å². The molecule has 0 bridgehead atoms. The molecule has 3 unspecified atom stereocenters. The van der Waals surface area contributed by atoms with Gasteiger partial charge in [-0.3, -0.25) is 24.0 Å². The lowest BCUT2D eigenvalue weighted by molar-refractivity contribution is -0.315. The van der Waals surface area contributed by atoms with E-state index < -0.39 is 89.7 Å². The number of amides is 4. The second kappa shape index (κ2) is 42.0. The van der Waals surface area contributed by atoms with Gasteiger partial charge in [-0.05, 0) is 227 Å². The number of carbonyl (C=O) groups excluding carboxylic acids is 7. The van der Waals surface area contributed by atoms with E-state index in [4.69, 9.17) is 27.1 Å². The number of carboxylic acid groups (broad SMARTS) is 2. The van der Waals surface area contributed by atoms with Crippen LogP contribution in [0.5, 0.6) is 0 Å². The van der Waals surface area contributed by atoms with Crippen LogP contribution in [0.25, 0.3) is 87.8 Å². The fourth-order valence-corrected chi connectivity index (χ4v) is 19.3. The zero-order valence-electron chi connectivity index (χ0n) is 78.2. The Bertz CT molecular complexity index is 6680. The molecule has 4 amide bonds. The highest BCUT2D eigenvalue weighted by Gasteiger charge is 2.64. The molecule has 4 saturated carbocycles. The minimum absolute atomic E-state index is 0.0409. The summed E-state index contributed by atoms with van der Waals surface area (Å²) in [5.41, 5.74) is 1.72. The lowest BCUT2D eigenvalue weighted by Gasteiger charge is -2.33. The number of carbonyl (C=O) groups is 9. The predicted molar refractivity (Wildman–Crippen MR) is 497 cm³/mol. The smallest absolute Gasteiger partial charge is 0.456 e. The van der Waals surface area contributed by atoms with Crippen molar-refractivity contribution in [1.82, 2.24) is 0 Å². The second-order valence-electron chi connectivity index (χ2n) is 37.1. The van der Waals surface area contributed by atoms with E-state index in [1.54, 1.807) is 70.7 Å². The summed E-state index contributed by atoms with van der Waals surface area (Å²) in [6.45, 7) is 14.5. The zero-order valence-corrected chi connectivity index (χ0v) is 78.2. The highest BCUT2D eigenvalue weighted by molar-refractivity contribution is 6.17. The van der Waals surface area contributed by atoms with E-state index in [0.29, 0.717) is 64.4 Å². The molecule has 24 nitrogen and oxygen atoms in total. The number of ether oxygens (including phenoxy) is 2. The van der Waals surface area contributed by atoms with E-state index >= 15 is 0 Å². The van der Waals surface area contributed by atoms with Crippen molar-refractivity contribution in [2.45, 2.75) is 257 Å². The number of aliphatic hydroxyl groups is 3. The molecule has 3 atom stereocenters. The Kier molecular flexibility index (Phi) is 31.4. The SMILES string of the molecule is CC(C)N(C(=O)C1CCCCC1)c1cc2c(cc1C(=O)O)oc1ccc(C(O)C(F)(F)C(F)(F)F)cc12.CC(C)N(C(=O)C1CCCCC1)c1cc2c(cc1C(=O)O)oc1ccc(C(O)C(F)(F)F)cc12.COC(=O)c1cc2oc3ccc(C(O)C(F)(F)C(F)(F)F)cc3c2cc1N(C(=O)C1CCCCC1)C(C)C.COC(=O)c1cc2oc3ccc(C=O)cc3c2cc1N(C(=O)C1CCCCC1)C(C)C. The molecule has 4 fully saturated rings. The summed E-state index contributed by atoms with van der Waals surface area (Å²) in [5.74, 6) is -15.9. The average Bonchev–Trinajstić information content (AvgIpc) is 1.60. The van der Waals surface area contributed by atoms with Crippen LogP contribution in [0.1, 0.15) is 271 Å². The summed E-state index contributed by atoms with van der Waals surface area (Å²) in [7, 11) is 2.51. The van der Waals surface area contributed by atoms with E-state index in [0.717, 1.165) is 156 Å². The maximum Gasteiger partial charge on any atom is 0.456 e. The van der Waals surface area contributed by atoms with Gasteiger partial charge in [-0.25, -0.2) is 19.2 Å². The lowest BCUT2D eigenvalue weighted by atomic mass is 9.87. The van der Waals surface area contributed by atoms with Crippen molar-refractivity contribution in [3.05, 3.63) is 166 Å². The van der Waals surface area contributed by atoms with Crippen LogP contribution in [-0.4, -0.2) is 148 Å². The maximum atomic E-state index is 13.9. The van der Waals surface area contributed by atoms with Crippen LogP contribution in [0, 0.1) is 23.7 Å². The van der Waals surface area contributed by atoms with Gasteiger partial charge in [-0.1, -0.05) is 95.2 Å². The van der Waals surface area contributed by atoms with Crippen LogP contribution < -0.4 is 19.6 Å². The molecule has 750 valence electrons. The van der Waals surface area contributed by atoms with Gasteiger partial charge in [0.25, 0.3) is 0 Å². The third-order valence-electron chi connectivity index (χ3n) is 26.4. The molecular weight excluding hydrogens is 1860 g/mol. The van der Waals surface area contributed by atoms with Crippen LogP contribution in [0.15, 0.2) is 139 Å². The van der Waals surface area contributed by atoms with Crippen LogP contribution in [0.3, 0.4) is 0 Å². The number of carboxylic acids is 2. The van der Waals surface area contributed by atoms with Crippen molar-refractivity contribution in [3.63, 3.8) is 0 Å². The molecule has 4 aliphatic carbocycles. The van der Waals surface area contributed by atoms with E-state index in [1.807, 2.05) is 19.9 Å². The summed E-state index contributed by atoms with van der Waals surface area (Å²) in [4.78, 5) is 121. The molecule has 4 aliphatic rings. The van der Waals surface area contributed by atoms with Crippen LogP contribution in [0.4, 0.5) is 79.8 Å². The topological polar surface area (TPSA) is 339 Å². The largest absolute Gasteiger partial charge is 0.478 e. The summed E-state index contributed by atoms with van der Waals surface area (Å²) in [6.07, 6.45) is -7.17. The third-order valence-corrected chi connectivity index (χ3v) is 26.4. The van der Waals surface area contributed by atoms with Gasteiger partial charge in [-0.15, -0.1) is 0 Å². The van der Waals surface area contributed by atoms with Crippen molar-refractivity contribution >= 4 is 164 Å². The van der Waals surface area contributed by atoms with Gasteiger partial charge in [0.15, 0.2) is 18.3 Å². The molecular formula is C103H107F13N4O20. The molecule has 12 aromatic rings. The van der Waals surface area contributed by atoms with Crippen LogP contribution in [-0.2, 0) is 28.7 Å². The predicted octanol–water partition coefficient (Wildman–Crippen LogP) is 25.5. The Balaban J connectivity index is 0.000000158. The Labute approximate surface area is 793 Å². The number of aromatic carboxylic acids is 2. The Hall–Kier alpha value is -12.6. The van der Waals surface area contributed by atoms with Crippen LogP contribution >= 0.6 is 0 Å². The number of aldehydes is 1.